The summed E-state index contributed by atoms with van der Waals surface area (Å²) in [7, 11) is 0. The van der Waals surface area contributed by atoms with Crippen molar-refractivity contribution in [2.45, 2.75) is 33.7 Å². The van der Waals surface area contributed by atoms with Crippen LogP contribution in [0.5, 0.6) is 0 Å². The minimum Gasteiger partial charge on any atom is -0.298 e. The molecule has 0 amide bonds. The van der Waals surface area contributed by atoms with Gasteiger partial charge in [0.15, 0.2) is 0 Å². The Morgan fingerprint density at radius 3 is 2.65 bits per heavy atom. The first kappa shape index (κ1) is 12.6. The summed E-state index contributed by atoms with van der Waals surface area (Å²) in [5.41, 5.74) is 1.21. The maximum absolute atomic E-state index is 13.6. The number of hydrogen-bond donors (Lipinski definition) is 0. The number of nitrogens with zero attached hydrogens (tertiary/aromatic N) is 1. The molecule has 2 heteroatoms. The first-order chi connectivity index (χ1) is 8.01. The van der Waals surface area contributed by atoms with Crippen LogP contribution in [0.15, 0.2) is 24.3 Å². The van der Waals surface area contributed by atoms with Crippen LogP contribution < -0.4 is 0 Å². The van der Waals surface area contributed by atoms with Gasteiger partial charge in [-0.15, -0.1) is 0 Å². The van der Waals surface area contributed by atoms with Gasteiger partial charge < -0.3 is 0 Å². The van der Waals surface area contributed by atoms with E-state index in [2.05, 4.69) is 25.7 Å². The molecule has 0 N–H and O–H groups in total. The van der Waals surface area contributed by atoms with Crippen LogP contribution >= 0.6 is 0 Å². The van der Waals surface area contributed by atoms with E-state index in [0.717, 1.165) is 25.2 Å². The van der Waals surface area contributed by atoms with E-state index in [1.165, 1.54) is 6.42 Å². The van der Waals surface area contributed by atoms with Crippen molar-refractivity contribution in [2.24, 2.45) is 11.3 Å². The Kier molecular flexibility index (Phi) is 3.53. The zero-order valence-electron chi connectivity index (χ0n) is 11.0. The van der Waals surface area contributed by atoms with E-state index in [9.17, 15) is 4.39 Å². The second-order valence-electron chi connectivity index (χ2n) is 5.86. The second kappa shape index (κ2) is 4.77. The lowest BCUT2D eigenvalue weighted by Gasteiger charge is -2.29. The lowest BCUT2D eigenvalue weighted by molar-refractivity contribution is 0.205. The first-order valence-corrected chi connectivity index (χ1v) is 6.47. The highest BCUT2D eigenvalue weighted by Crippen LogP contribution is 2.37. The Labute approximate surface area is 104 Å². The number of hydrogen-bond acceptors (Lipinski definition) is 1. The predicted octanol–water partition coefficient (Wildman–Crippen LogP) is 3.69. The molecule has 0 radical (unpaired) electrons. The molecule has 1 nitrogen and oxygen atoms in total. The van der Waals surface area contributed by atoms with Crippen molar-refractivity contribution in [3.8, 4) is 0 Å². The zero-order chi connectivity index (χ0) is 12.5. The monoisotopic (exact) mass is 235 g/mol. The van der Waals surface area contributed by atoms with Gasteiger partial charge in [-0.3, -0.25) is 4.90 Å². The topological polar surface area (TPSA) is 3.24 Å². The average molecular weight is 235 g/mol. The van der Waals surface area contributed by atoms with Crippen LogP contribution in [-0.2, 0) is 6.54 Å². The lowest BCUT2D eigenvalue weighted by atomic mass is 9.78. The van der Waals surface area contributed by atoms with Crippen molar-refractivity contribution in [3.05, 3.63) is 35.6 Å². The van der Waals surface area contributed by atoms with Gasteiger partial charge in [0.25, 0.3) is 0 Å². The molecule has 0 bridgehead atoms. The normalized spacial score (nSPS) is 25.7. The van der Waals surface area contributed by atoms with Crippen molar-refractivity contribution < 1.29 is 4.39 Å². The standard InChI is InChI=1S/C15H22FN/c1-12(2)15(3)8-9-17(11-15)10-13-6-4-5-7-14(13)16/h4-7,12H,8-11H2,1-3H3. The molecule has 1 atom stereocenters. The summed E-state index contributed by atoms with van der Waals surface area (Å²) in [6.45, 7) is 9.83. The van der Waals surface area contributed by atoms with Gasteiger partial charge in [-0.05, 0) is 30.4 Å². The van der Waals surface area contributed by atoms with Crippen molar-refractivity contribution in [2.75, 3.05) is 13.1 Å². The fourth-order valence-electron chi connectivity index (χ4n) is 2.56. The van der Waals surface area contributed by atoms with E-state index < -0.39 is 0 Å². The second-order valence-corrected chi connectivity index (χ2v) is 5.86. The smallest absolute Gasteiger partial charge is 0.127 e. The number of likely N-dealkylation sites (tertiary alicyclic amines) is 1. The van der Waals surface area contributed by atoms with Gasteiger partial charge in [0.1, 0.15) is 5.82 Å². The van der Waals surface area contributed by atoms with Gasteiger partial charge in [-0.2, -0.15) is 0 Å². The zero-order valence-corrected chi connectivity index (χ0v) is 11.0. The van der Waals surface area contributed by atoms with Gasteiger partial charge >= 0.3 is 0 Å². The molecule has 1 aliphatic heterocycles. The summed E-state index contributed by atoms with van der Waals surface area (Å²) in [6, 6.07) is 7.10. The fraction of sp³-hybridized carbons (Fsp3) is 0.600. The molecule has 1 saturated heterocycles. The highest BCUT2D eigenvalue weighted by atomic mass is 19.1. The summed E-state index contributed by atoms with van der Waals surface area (Å²) >= 11 is 0. The Morgan fingerprint density at radius 2 is 2.06 bits per heavy atom. The molecule has 1 aromatic rings. The molecule has 1 fully saturated rings. The fourth-order valence-corrected chi connectivity index (χ4v) is 2.56. The molecule has 0 aromatic heterocycles. The van der Waals surface area contributed by atoms with Crippen molar-refractivity contribution >= 4 is 0 Å². The van der Waals surface area contributed by atoms with Crippen molar-refractivity contribution in [3.63, 3.8) is 0 Å². The summed E-state index contributed by atoms with van der Waals surface area (Å²) < 4.78 is 13.6. The Balaban J connectivity index is 2.01. The largest absolute Gasteiger partial charge is 0.298 e. The van der Waals surface area contributed by atoms with Gasteiger partial charge in [-0.25, -0.2) is 4.39 Å². The van der Waals surface area contributed by atoms with E-state index >= 15 is 0 Å². The number of benzene rings is 1. The number of rotatable bonds is 3. The van der Waals surface area contributed by atoms with Crippen LogP contribution in [0.2, 0.25) is 0 Å². The third kappa shape index (κ3) is 2.68. The van der Waals surface area contributed by atoms with Gasteiger partial charge in [0, 0.05) is 18.7 Å². The van der Waals surface area contributed by atoms with Gasteiger partial charge in [0.2, 0.25) is 0 Å². The van der Waals surface area contributed by atoms with E-state index in [0.29, 0.717) is 11.3 Å². The van der Waals surface area contributed by atoms with Crippen LogP contribution in [0.4, 0.5) is 4.39 Å². The van der Waals surface area contributed by atoms with E-state index in [-0.39, 0.29) is 5.82 Å². The summed E-state index contributed by atoms with van der Waals surface area (Å²) in [5, 5.41) is 0. The van der Waals surface area contributed by atoms with Crippen molar-refractivity contribution in [1.29, 1.82) is 0 Å². The first-order valence-electron chi connectivity index (χ1n) is 6.47. The molecule has 1 unspecified atom stereocenters. The maximum atomic E-state index is 13.6. The molecule has 1 heterocycles. The van der Waals surface area contributed by atoms with Crippen LogP contribution in [0, 0.1) is 17.2 Å². The third-order valence-corrected chi connectivity index (χ3v) is 4.33. The molecule has 94 valence electrons. The quantitative estimate of drug-likeness (QED) is 0.772. The summed E-state index contributed by atoms with van der Waals surface area (Å²) in [5.74, 6) is 0.610. The highest BCUT2D eigenvalue weighted by Gasteiger charge is 2.36. The summed E-state index contributed by atoms with van der Waals surface area (Å²) in [4.78, 5) is 2.37. The van der Waals surface area contributed by atoms with E-state index in [4.69, 9.17) is 0 Å². The van der Waals surface area contributed by atoms with E-state index in [1.807, 2.05) is 12.1 Å². The Bertz CT molecular complexity index is 388. The van der Waals surface area contributed by atoms with Crippen LogP contribution in [0.1, 0.15) is 32.8 Å². The van der Waals surface area contributed by atoms with Gasteiger partial charge in [0.05, 0.1) is 0 Å². The molecule has 0 saturated carbocycles. The predicted molar refractivity (Wildman–Crippen MR) is 69.2 cm³/mol. The van der Waals surface area contributed by atoms with E-state index in [1.54, 1.807) is 12.1 Å². The molecule has 17 heavy (non-hydrogen) atoms. The number of halogens is 1. The SMILES string of the molecule is CC(C)C1(C)CCN(Cc2ccccc2F)C1. The summed E-state index contributed by atoms with van der Waals surface area (Å²) in [6.07, 6.45) is 1.22. The molecule has 1 aliphatic rings. The lowest BCUT2D eigenvalue weighted by Crippen LogP contribution is -2.28. The van der Waals surface area contributed by atoms with Crippen molar-refractivity contribution in [1.82, 2.24) is 4.90 Å². The highest BCUT2D eigenvalue weighted by molar-refractivity contribution is 5.17. The maximum Gasteiger partial charge on any atom is 0.127 e. The molecular formula is C15H22FN. The van der Waals surface area contributed by atoms with Crippen LogP contribution in [-0.4, -0.2) is 18.0 Å². The molecule has 0 aliphatic carbocycles. The molecular weight excluding hydrogens is 213 g/mol. The third-order valence-electron chi connectivity index (χ3n) is 4.33. The molecule has 1 aromatic carbocycles. The minimum atomic E-state index is -0.0781. The molecule has 0 spiro atoms. The van der Waals surface area contributed by atoms with Gasteiger partial charge in [-0.1, -0.05) is 39.0 Å². The minimum absolute atomic E-state index is 0.0781. The Hall–Kier alpha value is -0.890. The molecule has 2 rings (SSSR count). The average Bonchev–Trinajstić information content (AvgIpc) is 2.65. The Morgan fingerprint density at radius 1 is 1.35 bits per heavy atom. The van der Waals surface area contributed by atoms with Crippen LogP contribution in [0.3, 0.4) is 0 Å². The van der Waals surface area contributed by atoms with Crippen LogP contribution in [0.25, 0.3) is 0 Å².